The molecule has 45 heavy (non-hydrogen) atoms. The highest BCUT2D eigenvalue weighted by molar-refractivity contribution is 9.10. The van der Waals surface area contributed by atoms with E-state index in [1.165, 1.54) is 19.2 Å². The molecule has 0 spiro atoms. The second kappa shape index (κ2) is 10.8. The van der Waals surface area contributed by atoms with Crippen molar-refractivity contribution in [3.63, 3.8) is 0 Å². The molecule has 9 nitrogen and oxygen atoms in total. The number of imide groups is 2. The minimum atomic E-state index is -4.82. The van der Waals surface area contributed by atoms with Gasteiger partial charge in [-0.1, -0.05) is 55.1 Å². The zero-order chi connectivity index (χ0) is 33.0. The number of aromatic nitrogens is 1. The number of likely N-dealkylation sites (tertiary alicyclic amines) is 1. The van der Waals surface area contributed by atoms with E-state index in [4.69, 9.17) is 34.8 Å². The van der Waals surface area contributed by atoms with Crippen LogP contribution in [-0.4, -0.2) is 65.9 Å². The Balaban J connectivity index is 1.48. The van der Waals surface area contributed by atoms with E-state index in [0.717, 1.165) is 16.0 Å². The van der Waals surface area contributed by atoms with E-state index < -0.39 is 74.7 Å². The largest absolute Gasteiger partial charge is 0.508 e. The van der Waals surface area contributed by atoms with Crippen molar-refractivity contribution in [2.24, 2.45) is 17.8 Å². The Morgan fingerprint density at radius 3 is 2.42 bits per heavy atom. The van der Waals surface area contributed by atoms with Gasteiger partial charge in [-0.05, 0) is 49.1 Å². The van der Waals surface area contributed by atoms with E-state index in [0.29, 0.717) is 21.1 Å². The molecule has 3 heterocycles. The van der Waals surface area contributed by atoms with E-state index in [1.54, 1.807) is 12.1 Å². The summed E-state index contributed by atoms with van der Waals surface area (Å²) in [6, 6.07) is 6.12. The Kier molecular flexibility index (Phi) is 7.83. The number of hydrazine groups is 1. The van der Waals surface area contributed by atoms with Gasteiger partial charge in [0.25, 0.3) is 23.6 Å². The molecule has 6 atom stereocenters. The van der Waals surface area contributed by atoms with Crippen molar-refractivity contribution in [2.45, 2.75) is 34.7 Å². The smallest absolute Gasteiger partial charge is 0.433 e. The number of nitrogens with zero attached hydrogens (tertiary/aromatic N) is 4. The molecule has 4 amide bonds. The van der Waals surface area contributed by atoms with Gasteiger partial charge in [0.1, 0.15) is 11.4 Å². The lowest BCUT2D eigenvalue weighted by Gasteiger charge is -2.50. The third kappa shape index (κ3) is 4.49. The third-order valence-electron chi connectivity index (χ3n) is 9.02. The van der Waals surface area contributed by atoms with Crippen LogP contribution < -0.4 is 5.01 Å². The van der Waals surface area contributed by atoms with Gasteiger partial charge >= 0.3 is 6.18 Å². The number of alkyl halides is 6. The van der Waals surface area contributed by atoms with Crippen LogP contribution in [0.4, 0.5) is 19.0 Å². The van der Waals surface area contributed by atoms with Gasteiger partial charge in [-0.3, -0.25) is 29.1 Å². The molecule has 17 heteroatoms. The Labute approximate surface area is 285 Å². The summed E-state index contributed by atoms with van der Waals surface area (Å²) in [6.45, 7) is 0. The minimum Gasteiger partial charge on any atom is -0.508 e. The van der Waals surface area contributed by atoms with Crippen LogP contribution in [0.1, 0.15) is 30.0 Å². The number of phenols is 1. The van der Waals surface area contributed by atoms with Crippen LogP contribution >= 0.6 is 66.7 Å². The second-order valence-corrected chi connectivity index (χ2v) is 14.3. The quantitative estimate of drug-likeness (QED) is 0.175. The molecular weight excluding hydrogens is 795 g/mol. The molecule has 3 fully saturated rings. The first-order valence-corrected chi connectivity index (χ1v) is 16.4. The van der Waals surface area contributed by atoms with Crippen molar-refractivity contribution >= 4 is 96.1 Å². The molecule has 2 saturated heterocycles. The zero-order valence-corrected chi connectivity index (χ0v) is 28.2. The van der Waals surface area contributed by atoms with Crippen molar-refractivity contribution in [2.75, 3.05) is 17.5 Å². The van der Waals surface area contributed by atoms with E-state index >= 15 is 0 Å². The predicted molar refractivity (Wildman–Crippen MR) is 164 cm³/mol. The number of carbonyl (C=O) groups excluding carboxylic acids is 4. The van der Waals surface area contributed by atoms with Gasteiger partial charge in [-0.15, -0.1) is 23.2 Å². The van der Waals surface area contributed by atoms with Crippen LogP contribution in [0.3, 0.4) is 0 Å². The zero-order valence-electron chi connectivity index (χ0n) is 22.8. The number of fused-ring (bicyclic) bond motifs is 4. The van der Waals surface area contributed by atoms with E-state index in [2.05, 4.69) is 36.8 Å². The number of pyridine rings is 1. The van der Waals surface area contributed by atoms with Crippen LogP contribution in [-0.2, 0) is 25.4 Å². The Morgan fingerprint density at radius 2 is 1.78 bits per heavy atom. The van der Waals surface area contributed by atoms with Gasteiger partial charge in [0.2, 0.25) is 0 Å². The lowest BCUT2D eigenvalue weighted by atomic mass is 9.56. The molecule has 2 aliphatic heterocycles. The molecule has 238 valence electrons. The van der Waals surface area contributed by atoms with Gasteiger partial charge in [0.15, 0.2) is 15.6 Å². The molecule has 0 bridgehead atoms. The van der Waals surface area contributed by atoms with Gasteiger partial charge < -0.3 is 5.11 Å². The maximum absolute atomic E-state index is 14.2. The fourth-order valence-electron chi connectivity index (χ4n) is 7.05. The number of carbonyl (C=O) groups is 4. The second-order valence-electron chi connectivity index (χ2n) is 11.2. The SMILES string of the molecule is CN(c1nc(C(F)(F)F)ccc1Cl)N1C(=O)C2CC=C3C(CC4(Cl)C(=O)N(CBr)C(=O)C4(Cl)C3c3cc(Br)ccc3O)C2C1=O. The van der Waals surface area contributed by atoms with E-state index in [9.17, 15) is 37.5 Å². The van der Waals surface area contributed by atoms with Crippen LogP contribution in [0.25, 0.3) is 0 Å². The summed E-state index contributed by atoms with van der Waals surface area (Å²) in [4.78, 5) is 55.7. The number of phenolic OH excluding ortho intramolecular Hbond substituents is 1. The molecule has 1 aromatic heterocycles. The first kappa shape index (κ1) is 32.5. The number of halogens is 8. The number of hydrogen-bond donors (Lipinski definition) is 1. The highest BCUT2D eigenvalue weighted by Crippen LogP contribution is 2.66. The van der Waals surface area contributed by atoms with Crippen molar-refractivity contribution in [1.82, 2.24) is 14.9 Å². The first-order valence-electron chi connectivity index (χ1n) is 13.3. The van der Waals surface area contributed by atoms with Crippen molar-refractivity contribution in [3.05, 3.63) is 62.7 Å². The fraction of sp³-hybridized carbons (Fsp3) is 0.393. The van der Waals surface area contributed by atoms with Crippen LogP contribution in [0, 0.1) is 17.8 Å². The number of allylic oxidation sites excluding steroid dienone is 2. The number of rotatable bonds is 4. The Bertz CT molecular complexity index is 1730. The van der Waals surface area contributed by atoms with Gasteiger partial charge in [0, 0.05) is 23.0 Å². The maximum atomic E-state index is 14.2. The standard InChI is InChI=1S/C28H20Br2Cl3F3N4O5/c1-38(21-16(31)5-7-18(37-21)28(34,35)36)40-22(42)13-4-3-12-15(19(13)23(40)43)9-26(32)24(44)39(10-29)25(45)27(26,33)20(12)14-8-11(30)2-6-17(14)41/h2-3,5-8,13,15,19-20,41H,4,9-10H2,1H3. The monoisotopic (exact) mass is 812 g/mol. The van der Waals surface area contributed by atoms with Gasteiger partial charge in [-0.25, -0.2) is 4.98 Å². The summed E-state index contributed by atoms with van der Waals surface area (Å²) < 4.78 is 40.9. The van der Waals surface area contributed by atoms with Crippen molar-refractivity contribution in [3.8, 4) is 5.75 Å². The predicted octanol–water partition coefficient (Wildman–Crippen LogP) is 5.98. The van der Waals surface area contributed by atoms with Crippen LogP contribution in [0.5, 0.6) is 5.75 Å². The number of amides is 4. The average Bonchev–Trinajstić information content (AvgIpc) is 3.31. The lowest BCUT2D eigenvalue weighted by molar-refractivity contribution is -0.142. The third-order valence-corrected chi connectivity index (χ3v) is 11.7. The van der Waals surface area contributed by atoms with Gasteiger partial charge in [0.05, 0.1) is 22.3 Å². The molecule has 2 aliphatic carbocycles. The van der Waals surface area contributed by atoms with E-state index in [-0.39, 0.29) is 34.6 Å². The summed E-state index contributed by atoms with van der Waals surface area (Å²) in [5, 5.41) is 12.3. The molecule has 1 saturated carbocycles. The summed E-state index contributed by atoms with van der Waals surface area (Å²) >= 11 is 27.0. The van der Waals surface area contributed by atoms with Crippen LogP contribution in [0.15, 0.2) is 46.5 Å². The number of aromatic hydroxyl groups is 1. The molecule has 4 aliphatic rings. The average molecular weight is 816 g/mol. The first-order chi connectivity index (χ1) is 21.0. The molecule has 0 radical (unpaired) electrons. The lowest BCUT2D eigenvalue weighted by Crippen LogP contribution is -2.60. The Hall–Kier alpha value is -2.39. The maximum Gasteiger partial charge on any atom is 0.433 e. The van der Waals surface area contributed by atoms with Crippen molar-refractivity contribution in [1.29, 1.82) is 0 Å². The molecule has 2 aromatic rings. The molecular formula is C28H20Br2Cl3F3N4O5. The van der Waals surface area contributed by atoms with Crippen molar-refractivity contribution < 1.29 is 37.5 Å². The molecule has 6 rings (SSSR count). The fourth-order valence-corrected chi connectivity index (χ4v) is 9.07. The topological polar surface area (TPSA) is 111 Å². The summed E-state index contributed by atoms with van der Waals surface area (Å²) in [5.74, 6) is -8.10. The number of benzene rings is 1. The molecule has 6 unspecified atom stereocenters. The summed E-state index contributed by atoms with van der Waals surface area (Å²) in [5.41, 5.74) is -0.903. The molecule has 1 aromatic carbocycles. The van der Waals surface area contributed by atoms with Crippen LogP contribution in [0.2, 0.25) is 5.02 Å². The normalized spacial score (nSPS) is 31.2. The summed E-state index contributed by atoms with van der Waals surface area (Å²) in [6.07, 6.45) is -3.48. The Morgan fingerprint density at radius 1 is 1.09 bits per heavy atom. The number of anilines is 1. The van der Waals surface area contributed by atoms with Gasteiger partial charge in [-0.2, -0.15) is 18.2 Å². The number of hydrogen-bond acceptors (Lipinski definition) is 7. The molecule has 1 N–H and O–H groups in total. The minimum absolute atomic E-state index is 0.00696. The van der Waals surface area contributed by atoms with E-state index in [1.807, 2.05) is 0 Å². The highest BCUT2D eigenvalue weighted by Gasteiger charge is 2.76. The highest BCUT2D eigenvalue weighted by atomic mass is 79.9. The summed E-state index contributed by atoms with van der Waals surface area (Å²) in [7, 11) is 1.19.